The molecular weight excluding hydrogens is 246 g/mol. The highest BCUT2D eigenvalue weighted by molar-refractivity contribution is 6.33. The quantitative estimate of drug-likeness (QED) is 0.922. The molecular formula is C14H16ClN3. The van der Waals surface area contributed by atoms with E-state index in [1.54, 1.807) is 6.20 Å². The van der Waals surface area contributed by atoms with E-state index >= 15 is 0 Å². The van der Waals surface area contributed by atoms with Gasteiger partial charge in [0.05, 0.1) is 5.02 Å². The van der Waals surface area contributed by atoms with E-state index in [0.717, 1.165) is 17.1 Å². The molecule has 2 rings (SSSR count). The number of benzene rings is 1. The first-order valence-corrected chi connectivity index (χ1v) is 6.15. The van der Waals surface area contributed by atoms with Crippen LogP contribution in [-0.2, 0) is 6.54 Å². The summed E-state index contributed by atoms with van der Waals surface area (Å²) >= 11 is 6.25. The Balaban J connectivity index is 2.40. The van der Waals surface area contributed by atoms with Gasteiger partial charge in [0.2, 0.25) is 0 Å². The van der Waals surface area contributed by atoms with Crippen LogP contribution in [0.2, 0.25) is 5.02 Å². The van der Waals surface area contributed by atoms with Gasteiger partial charge in [-0.15, -0.1) is 0 Å². The third kappa shape index (κ3) is 2.47. The average molecular weight is 262 g/mol. The minimum atomic E-state index is 0.446. The number of anilines is 2. The van der Waals surface area contributed by atoms with Crippen LogP contribution in [0.1, 0.15) is 11.1 Å². The smallest absolute Gasteiger partial charge is 0.151 e. The first kappa shape index (κ1) is 12.9. The lowest BCUT2D eigenvalue weighted by Gasteiger charge is -2.21. The molecule has 1 heterocycles. The number of hydrogen-bond donors (Lipinski definition) is 1. The molecule has 0 spiro atoms. The highest BCUT2D eigenvalue weighted by Crippen LogP contribution is 2.30. The van der Waals surface area contributed by atoms with Crippen molar-refractivity contribution in [3.8, 4) is 0 Å². The molecule has 0 amide bonds. The summed E-state index contributed by atoms with van der Waals surface area (Å²) in [7, 11) is 1.96. The minimum Gasteiger partial charge on any atom is -0.328 e. The van der Waals surface area contributed by atoms with Gasteiger partial charge < -0.3 is 10.6 Å². The molecule has 2 aromatic rings. The van der Waals surface area contributed by atoms with Gasteiger partial charge in [0.1, 0.15) is 0 Å². The Morgan fingerprint density at radius 2 is 2.06 bits per heavy atom. The minimum absolute atomic E-state index is 0.446. The molecule has 0 aliphatic rings. The zero-order chi connectivity index (χ0) is 13.1. The summed E-state index contributed by atoms with van der Waals surface area (Å²) in [6.07, 6.45) is 1.76. The number of para-hydroxylation sites is 1. The van der Waals surface area contributed by atoms with Crippen LogP contribution in [0.3, 0.4) is 0 Å². The molecule has 2 N–H and O–H groups in total. The summed E-state index contributed by atoms with van der Waals surface area (Å²) in [6.45, 7) is 2.51. The lowest BCUT2D eigenvalue weighted by molar-refractivity contribution is 1.03. The maximum Gasteiger partial charge on any atom is 0.151 e. The largest absolute Gasteiger partial charge is 0.328 e. The van der Waals surface area contributed by atoms with Crippen molar-refractivity contribution < 1.29 is 0 Å². The third-order valence-corrected chi connectivity index (χ3v) is 3.19. The zero-order valence-electron chi connectivity index (χ0n) is 10.5. The normalized spacial score (nSPS) is 10.4. The lowest BCUT2D eigenvalue weighted by atomic mass is 10.2. The molecule has 0 aliphatic carbocycles. The third-order valence-electron chi connectivity index (χ3n) is 2.91. The number of nitrogens with two attached hydrogens (primary N) is 1. The number of nitrogens with zero attached hydrogens (tertiary/aromatic N) is 2. The summed E-state index contributed by atoms with van der Waals surface area (Å²) in [5, 5.41) is 0.615. The fraction of sp³-hybridized carbons (Fsp3) is 0.214. The van der Waals surface area contributed by atoms with E-state index in [0.29, 0.717) is 11.6 Å². The second-order valence-electron chi connectivity index (χ2n) is 4.20. The molecule has 0 saturated carbocycles. The van der Waals surface area contributed by atoms with E-state index in [-0.39, 0.29) is 0 Å². The van der Waals surface area contributed by atoms with Gasteiger partial charge in [-0.05, 0) is 30.2 Å². The fourth-order valence-corrected chi connectivity index (χ4v) is 2.20. The van der Waals surface area contributed by atoms with Gasteiger partial charge in [-0.3, -0.25) is 0 Å². The van der Waals surface area contributed by atoms with Crippen molar-refractivity contribution in [1.29, 1.82) is 0 Å². The molecule has 0 saturated heterocycles. The van der Waals surface area contributed by atoms with E-state index in [1.807, 2.05) is 36.2 Å². The molecule has 1 aromatic carbocycles. The van der Waals surface area contributed by atoms with Crippen LogP contribution in [0.25, 0.3) is 0 Å². The molecule has 94 valence electrons. The van der Waals surface area contributed by atoms with E-state index in [1.165, 1.54) is 5.56 Å². The van der Waals surface area contributed by atoms with Crippen molar-refractivity contribution in [3.05, 3.63) is 52.7 Å². The van der Waals surface area contributed by atoms with Crippen LogP contribution in [0.4, 0.5) is 11.5 Å². The number of rotatable bonds is 3. The van der Waals surface area contributed by atoms with Crippen LogP contribution in [0.5, 0.6) is 0 Å². The molecule has 0 aliphatic heterocycles. The lowest BCUT2D eigenvalue weighted by Crippen LogP contribution is -2.13. The van der Waals surface area contributed by atoms with E-state index < -0.39 is 0 Å². The second-order valence-corrected chi connectivity index (χ2v) is 4.61. The molecule has 0 fully saturated rings. The molecule has 0 unspecified atom stereocenters. The predicted octanol–water partition coefficient (Wildman–Crippen LogP) is 3.27. The SMILES string of the molecule is Cc1ccccc1N(C)c1ncc(CN)cc1Cl. The van der Waals surface area contributed by atoms with Crippen LogP contribution in [-0.4, -0.2) is 12.0 Å². The van der Waals surface area contributed by atoms with Crippen molar-refractivity contribution in [2.45, 2.75) is 13.5 Å². The fourth-order valence-electron chi connectivity index (χ4n) is 1.88. The Morgan fingerprint density at radius 3 is 2.67 bits per heavy atom. The summed E-state index contributed by atoms with van der Waals surface area (Å²) in [4.78, 5) is 6.36. The summed E-state index contributed by atoms with van der Waals surface area (Å²) in [5.74, 6) is 0.739. The van der Waals surface area contributed by atoms with Gasteiger partial charge in [-0.1, -0.05) is 29.8 Å². The Kier molecular flexibility index (Phi) is 3.84. The van der Waals surface area contributed by atoms with E-state index in [2.05, 4.69) is 18.0 Å². The molecule has 4 heteroatoms. The number of pyridine rings is 1. The first-order valence-electron chi connectivity index (χ1n) is 5.77. The Hall–Kier alpha value is -1.58. The van der Waals surface area contributed by atoms with Crippen molar-refractivity contribution in [1.82, 2.24) is 4.98 Å². The summed E-state index contributed by atoms with van der Waals surface area (Å²) in [6, 6.07) is 9.98. The Bertz CT molecular complexity index is 554. The zero-order valence-corrected chi connectivity index (χ0v) is 11.3. The average Bonchev–Trinajstić information content (AvgIpc) is 2.38. The van der Waals surface area contributed by atoms with Gasteiger partial charge in [0.25, 0.3) is 0 Å². The van der Waals surface area contributed by atoms with Gasteiger partial charge >= 0.3 is 0 Å². The summed E-state index contributed by atoms with van der Waals surface area (Å²) in [5.41, 5.74) is 8.77. The van der Waals surface area contributed by atoms with Crippen LogP contribution < -0.4 is 10.6 Å². The monoisotopic (exact) mass is 261 g/mol. The first-order chi connectivity index (χ1) is 8.63. The Labute approximate surface area is 112 Å². The highest BCUT2D eigenvalue weighted by Gasteiger charge is 2.11. The van der Waals surface area contributed by atoms with Crippen LogP contribution in [0.15, 0.2) is 36.5 Å². The van der Waals surface area contributed by atoms with Gasteiger partial charge in [0.15, 0.2) is 5.82 Å². The van der Waals surface area contributed by atoms with Crippen LogP contribution >= 0.6 is 11.6 Å². The highest BCUT2D eigenvalue weighted by atomic mass is 35.5. The molecule has 0 bridgehead atoms. The van der Waals surface area contributed by atoms with Crippen molar-refractivity contribution in [2.75, 3.05) is 11.9 Å². The maximum atomic E-state index is 6.25. The van der Waals surface area contributed by atoms with Crippen molar-refractivity contribution >= 4 is 23.1 Å². The molecule has 18 heavy (non-hydrogen) atoms. The number of hydrogen-bond acceptors (Lipinski definition) is 3. The predicted molar refractivity (Wildman–Crippen MR) is 76.4 cm³/mol. The molecule has 0 radical (unpaired) electrons. The maximum absolute atomic E-state index is 6.25. The van der Waals surface area contributed by atoms with Gasteiger partial charge in [0, 0.05) is 25.5 Å². The number of aryl methyl sites for hydroxylation is 1. The van der Waals surface area contributed by atoms with E-state index in [9.17, 15) is 0 Å². The summed E-state index contributed by atoms with van der Waals surface area (Å²) < 4.78 is 0. The van der Waals surface area contributed by atoms with E-state index in [4.69, 9.17) is 17.3 Å². The van der Waals surface area contributed by atoms with Crippen molar-refractivity contribution in [3.63, 3.8) is 0 Å². The molecule has 1 aromatic heterocycles. The number of halogens is 1. The van der Waals surface area contributed by atoms with Crippen LogP contribution in [0, 0.1) is 6.92 Å². The van der Waals surface area contributed by atoms with Gasteiger partial charge in [-0.25, -0.2) is 4.98 Å². The standard InChI is InChI=1S/C14H16ClN3/c1-10-5-3-4-6-13(10)18(2)14-12(15)7-11(8-16)9-17-14/h3-7,9H,8,16H2,1-2H3. The number of aromatic nitrogens is 1. The topological polar surface area (TPSA) is 42.2 Å². The van der Waals surface area contributed by atoms with Gasteiger partial charge in [-0.2, -0.15) is 0 Å². The second kappa shape index (κ2) is 5.38. The Morgan fingerprint density at radius 1 is 1.33 bits per heavy atom. The molecule has 0 atom stereocenters. The van der Waals surface area contributed by atoms with Crippen molar-refractivity contribution in [2.24, 2.45) is 5.73 Å². The molecule has 3 nitrogen and oxygen atoms in total.